The van der Waals surface area contributed by atoms with Crippen LogP contribution < -0.4 is 9.47 Å². The summed E-state index contributed by atoms with van der Waals surface area (Å²) >= 11 is 0. The predicted molar refractivity (Wildman–Crippen MR) is 471 cm³/mol. The van der Waals surface area contributed by atoms with Gasteiger partial charge in [0.2, 0.25) is 0 Å². The summed E-state index contributed by atoms with van der Waals surface area (Å²) in [6.45, 7) is 18.8. The Bertz CT molecular complexity index is 3600. The van der Waals surface area contributed by atoms with E-state index >= 15 is 4.39 Å². The molecular formula is C105H151F3O7. The van der Waals surface area contributed by atoms with Crippen LogP contribution in [-0.4, -0.2) is 63.4 Å². The molecule has 0 heterocycles. The monoisotopic (exact) mass is 1580 g/mol. The third-order valence-electron chi connectivity index (χ3n) is 27.4. The van der Waals surface area contributed by atoms with Crippen LogP contribution in [0.5, 0.6) is 11.5 Å². The van der Waals surface area contributed by atoms with Crippen molar-refractivity contribution in [2.75, 3.05) is 33.0 Å². The molecule has 10 heteroatoms. The van der Waals surface area contributed by atoms with Gasteiger partial charge in [0.15, 0.2) is 0 Å². The minimum Gasteiger partial charge on any atom is -0.494 e. The van der Waals surface area contributed by atoms with E-state index in [0.717, 1.165) is 238 Å². The highest BCUT2D eigenvalue weighted by atomic mass is 19.1. The molecule has 0 N–H and O–H groups in total. The van der Waals surface area contributed by atoms with Crippen molar-refractivity contribution in [3.05, 3.63) is 189 Å². The van der Waals surface area contributed by atoms with Gasteiger partial charge in [0.05, 0.1) is 43.2 Å². The van der Waals surface area contributed by atoms with Crippen molar-refractivity contribution in [3.63, 3.8) is 0 Å². The van der Waals surface area contributed by atoms with Gasteiger partial charge in [0.1, 0.15) is 29.0 Å². The first-order chi connectivity index (χ1) is 56.2. The fourth-order valence-electron chi connectivity index (χ4n) is 19.5. The molecule has 115 heavy (non-hydrogen) atoms. The van der Waals surface area contributed by atoms with Crippen LogP contribution in [-0.2, 0) is 18.9 Å². The molecule has 0 aliphatic heterocycles. The molecule has 0 spiro atoms. The largest absolute Gasteiger partial charge is 0.494 e. The van der Waals surface area contributed by atoms with Crippen molar-refractivity contribution >= 4 is 5.97 Å². The van der Waals surface area contributed by atoms with Gasteiger partial charge in [0, 0.05) is 19.8 Å². The molecule has 0 radical (unpaired) electrons. The van der Waals surface area contributed by atoms with Gasteiger partial charge in [-0.3, -0.25) is 0 Å². The van der Waals surface area contributed by atoms with Crippen LogP contribution in [0.2, 0.25) is 0 Å². The zero-order chi connectivity index (χ0) is 80.8. The Morgan fingerprint density at radius 1 is 0.365 bits per heavy atom. The second-order valence-electron chi connectivity index (χ2n) is 36.4. The van der Waals surface area contributed by atoms with E-state index < -0.39 is 17.6 Å². The fraction of sp³-hybridized carbons (Fsp3) is 0.648. The summed E-state index contributed by atoms with van der Waals surface area (Å²) in [7, 11) is 0. The van der Waals surface area contributed by atoms with Crippen LogP contribution in [0.3, 0.4) is 0 Å². The number of halogens is 3. The number of ether oxygens (including phenoxy) is 6. The molecule has 12 rings (SSSR count). The number of aryl methyl sites for hydroxylation is 2. The summed E-state index contributed by atoms with van der Waals surface area (Å²) in [5.74, 6) is 6.17. The molecule has 0 bridgehead atoms. The van der Waals surface area contributed by atoms with E-state index in [2.05, 4.69) is 113 Å². The van der Waals surface area contributed by atoms with E-state index in [9.17, 15) is 13.6 Å². The standard InChI is InChI=1S/C39H59FO5.C37H52F2O2.C29H40/c1-3-4-25-41-35-17-19-36(20-18-35)42-26-7-5-6-8-27-43-37-21-23-38(24-22-37)45-29-10-9-28-44-34-15-13-32(14-16-34)33-12-11-31(2)39(40)30-33;1-4-5-6-9-27(3)41-37(40)34-25-35(38)33(24-36(34)39)32-22-16-29(17-23-32)11-8-7-10-28-14-20-31(21-15-28)30-18-12-26(2)13-19-30;1-3-4-5-23-8-12-25(13-9-23)27-16-20-29(21-17-27)28-18-14-26(15-19-28)24-10-6-22(2)7-11-24/h11-12,17-20,30,32,34,37-38H,3-10,13-16,21-29H2,1-2H3;12-13,18-19,24-25,27-29,31-32H,4-11,14-17,20-23H2,1-3H3;14-25H,3-13H2,1-2H3. The van der Waals surface area contributed by atoms with Crippen molar-refractivity contribution in [2.24, 2.45) is 23.7 Å². The molecule has 6 saturated carbocycles. The Balaban J connectivity index is 0.000000186. The number of esters is 1. The molecule has 0 saturated heterocycles. The second kappa shape index (κ2) is 50.9. The van der Waals surface area contributed by atoms with E-state index in [0.29, 0.717) is 35.7 Å². The van der Waals surface area contributed by atoms with E-state index in [1.807, 2.05) is 44.2 Å². The zero-order valence-electron chi connectivity index (χ0n) is 72.6. The van der Waals surface area contributed by atoms with Crippen LogP contribution >= 0.6 is 0 Å². The Hall–Kier alpha value is -5.94. The lowest BCUT2D eigenvalue weighted by Gasteiger charge is -2.30. The molecule has 0 amide bonds. The number of carbonyl (C=O) groups excluding carboxylic acids is 1. The molecule has 1 unspecified atom stereocenters. The van der Waals surface area contributed by atoms with E-state index in [4.69, 9.17) is 28.4 Å². The number of benzene rings is 6. The SMILES string of the molecule is CCCCC1CCC(c2ccc(-c3ccc(C4CCC(C)CC4)cc3)cc2)CC1.CCCCCC(C)OC(=O)c1cc(F)c(C2CCC(CCCCC3CCC(c4ccc(C)cc4)CC3)CC2)cc1F.CCCCOc1ccc(OCCCCCCOC2CCC(OCCCCOC3CCC(c4ccc(C)c(F)c4)CC3)CC2)cc1. The minimum atomic E-state index is -0.764. The summed E-state index contributed by atoms with van der Waals surface area (Å²) < 4.78 is 79.4. The lowest BCUT2D eigenvalue weighted by molar-refractivity contribution is -0.0349. The first-order valence-electron chi connectivity index (χ1n) is 47.1. The minimum absolute atomic E-state index is 0.0301. The fourth-order valence-corrected chi connectivity index (χ4v) is 19.5. The lowest BCUT2D eigenvalue weighted by Crippen LogP contribution is -2.27. The molecule has 6 aliphatic rings. The Labute approximate surface area is 695 Å². The van der Waals surface area contributed by atoms with E-state index in [1.165, 1.54) is 163 Å². The smallest absolute Gasteiger partial charge is 0.341 e. The molecular weight excluding hydrogens is 1430 g/mol. The molecule has 0 aromatic heterocycles. The predicted octanol–water partition coefficient (Wildman–Crippen LogP) is 30.4. The van der Waals surface area contributed by atoms with Gasteiger partial charge in [-0.15, -0.1) is 0 Å². The molecule has 7 nitrogen and oxygen atoms in total. The van der Waals surface area contributed by atoms with Gasteiger partial charge in [-0.25, -0.2) is 18.0 Å². The van der Waals surface area contributed by atoms with Crippen LogP contribution in [0.4, 0.5) is 13.2 Å². The number of carbonyl (C=O) groups is 1. The first kappa shape index (κ1) is 91.4. The highest BCUT2D eigenvalue weighted by Crippen LogP contribution is 2.44. The quantitative estimate of drug-likeness (QED) is 0.0280. The maximum absolute atomic E-state index is 15.0. The zero-order valence-corrected chi connectivity index (χ0v) is 72.6. The average molecular weight is 1580 g/mol. The van der Waals surface area contributed by atoms with Gasteiger partial charge in [0.25, 0.3) is 0 Å². The maximum atomic E-state index is 15.0. The molecule has 6 aliphatic carbocycles. The van der Waals surface area contributed by atoms with Gasteiger partial charge in [-0.05, 0) is 354 Å². The molecule has 6 aromatic carbocycles. The number of rotatable bonds is 40. The highest BCUT2D eigenvalue weighted by Gasteiger charge is 2.31. The first-order valence-corrected chi connectivity index (χ1v) is 47.1. The summed E-state index contributed by atoms with van der Waals surface area (Å²) in [4.78, 5) is 12.5. The van der Waals surface area contributed by atoms with E-state index in [1.54, 1.807) is 17.2 Å². The summed E-state index contributed by atoms with van der Waals surface area (Å²) in [5.41, 5.74) is 10.7. The summed E-state index contributed by atoms with van der Waals surface area (Å²) in [6, 6.07) is 44.2. The second-order valence-corrected chi connectivity index (χ2v) is 36.4. The van der Waals surface area contributed by atoms with Crippen molar-refractivity contribution in [1.82, 2.24) is 0 Å². The van der Waals surface area contributed by atoms with Crippen molar-refractivity contribution in [1.29, 1.82) is 0 Å². The summed E-state index contributed by atoms with van der Waals surface area (Å²) in [6.07, 6.45) is 52.3. The van der Waals surface area contributed by atoms with Crippen molar-refractivity contribution in [2.45, 2.75) is 379 Å². The number of hydrogen-bond donors (Lipinski definition) is 0. The van der Waals surface area contributed by atoms with Gasteiger partial charge in [-0.1, -0.05) is 202 Å². The highest BCUT2D eigenvalue weighted by molar-refractivity contribution is 5.90. The Morgan fingerprint density at radius 3 is 1.23 bits per heavy atom. The lowest BCUT2D eigenvalue weighted by atomic mass is 9.75. The number of unbranched alkanes of at least 4 members (excludes halogenated alkanes) is 9. The van der Waals surface area contributed by atoms with E-state index in [-0.39, 0.29) is 23.4 Å². The molecule has 6 fully saturated rings. The van der Waals surface area contributed by atoms with Gasteiger partial charge < -0.3 is 28.4 Å². The maximum Gasteiger partial charge on any atom is 0.341 e. The van der Waals surface area contributed by atoms with Crippen LogP contribution in [0.15, 0.2) is 127 Å². The topological polar surface area (TPSA) is 72.5 Å². The van der Waals surface area contributed by atoms with Crippen molar-refractivity contribution in [3.8, 4) is 22.6 Å². The molecule has 6 aromatic rings. The van der Waals surface area contributed by atoms with Gasteiger partial charge in [-0.2, -0.15) is 0 Å². The third-order valence-corrected chi connectivity index (χ3v) is 27.4. The van der Waals surface area contributed by atoms with Crippen LogP contribution in [0, 0.1) is 55.0 Å². The number of hydrogen-bond acceptors (Lipinski definition) is 7. The van der Waals surface area contributed by atoms with Crippen LogP contribution in [0.25, 0.3) is 11.1 Å². The molecule has 1 atom stereocenters. The Morgan fingerprint density at radius 2 is 0.757 bits per heavy atom. The van der Waals surface area contributed by atoms with Crippen LogP contribution in [0.1, 0.15) is 390 Å². The summed E-state index contributed by atoms with van der Waals surface area (Å²) in [5, 5.41) is 0. The molecule has 634 valence electrons. The third kappa shape index (κ3) is 31.6. The normalized spacial score (nSPS) is 24.0. The Kier molecular flexibility index (Phi) is 40.4. The van der Waals surface area contributed by atoms with Gasteiger partial charge >= 0.3 is 5.97 Å². The van der Waals surface area contributed by atoms with Crippen molar-refractivity contribution < 1.29 is 46.4 Å². The average Bonchev–Trinajstić information content (AvgIpc) is 0.805.